The van der Waals surface area contributed by atoms with Crippen molar-refractivity contribution in [1.82, 2.24) is 0 Å². The van der Waals surface area contributed by atoms with Gasteiger partial charge in [0.15, 0.2) is 0 Å². The lowest BCUT2D eigenvalue weighted by molar-refractivity contribution is 0.669. The lowest BCUT2D eigenvalue weighted by atomic mass is 9.99. The molecule has 0 aliphatic carbocycles. The van der Waals surface area contributed by atoms with Crippen LogP contribution >= 0.6 is 0 Å². The van der Waals surface area contributed by atoms with Crippen LogP contribution in [0.2, 0.25) is 0 Å². The second kappa shape index (κ2) is 11.0. The molecule has 10 rings (SSSR count). The molecular formula is C46H29NO2. The van der Waals surface area contributed by atoms with Crippen molar-refractivity contribution >= 4 is 71.7 Å². The molecule has 0 aliphatic rings. The first kappa shape index (κ1) is 27.5. The maximum atomic E-state index is 6.68. The third kappa shape index (κ3) is 4.51. The van der Waals surface area contributed by atoms with E-state index in [0.717, 1.165) is 72.1 Å². The van der Waals surface area contributed by atoms with Crippen LogP contribution < -0.4 is 4.90 Å². The first-order valence-corrected chi connectivity index (χ1v) is 16.6. The van der Waals surface area contributed by atoms with Gasteiger partial charge >= 0.3 is 0 Å². The summed E-state index contributed by atoms with van der Waals surface area (Å²) in [6.45, 7) is 0. The highest BCUT2D eigenvalue weighted by Gasteiger charge is 2.23. The summed E-state index contributed by atoms with van der Waals surface area (Å²) >= 11 is 0. The summed E-state index contributed by atoms with van der Waals surface area (Å²) in [4.78, 5) is 2.33. The van der Waals surface area contributed by atoms with Crippen LogP contribution in [0.3, 0.4) is 0 Å². The van der Waals surface area contributed by atoms with Gasteiger partial charge in [-0.25, -0.2) is 0 Å². The van der Waals surface area contributed by atoms with E-state index < -0.39 is 0 Å². The summed E-state index contributed by atoms with van der Waals surface area (Å²) in [5.41, 5.74) is 11.1. The standard InChI is InChI=1S/C46H29NO2/c1-2-11-32(12-3-1)37-26-27-41(45-40-15-7-9-17-43(40)49-46(37)45)47(36-24-25-39-38-14-6-8-16-42(38)48-44(39)29-36)35-22-20-31(21-23-35)34-19-18-30-10-4-5-13-33(30)28-34/h1-29H. The highest BCUT2D eigenvalue weighted by atomic mass is 16.3. The third-order valence-corrected chi connectivity index (χ3v) is 9.66. The van der Waals surface area contributed by atoms with Gasteiger partial charge in [-0.3, -0.25) is 0 Å². The Balaban J connectivity index is 1.20. The van der Waals surface area contributed by atoms with Crippen LogP contribution in [0.4, 0.5) is 17.1 Å². The van der Waals surface area contributed by atoms with Crippen LogP contribution in [-0.4, -0.2) is 0 Å². The molecule has 2 heterocycles. The summed E-state index contributed by atoms with van der Waals surface area (Å²) in [5.74, 6) is 0. The van der Waals surface area contributed by atoms with Gasteiger partial charge in [-0.2, -0.15) is 0 Å². The number of fused-ring (bicyclic) bond motifs is 7. The average Bonchev–Trinajstić information content (AvgIpc) is 3.74. The number of benzene rings is 8. The van der Waals surface area contributed by atoms with Gasteiger partial charge in [0.05, 0.1) is 11.1 Å². The third-order valence-electron chi connectivity index (χ3n) is 9.66. The molecule has 0 N–H and O–H groups in total. The Bertz CT molecular complexity index is 2830. The lowest BCUT2D eigenvalue weighted by Crippen LogP contribution is -2.10. The number of hydrogen-bond donors (Lipinski definition) is 0. The van der Waals surface area contributed by atoms with Crippen molar-refractivity contribution in [2.45, 2.75) is 0 Å². The number of rotatable bonds is 5. The highest BCUT2D eigenvalue weighted by Crippen LogP contribution is 2.47. The Labute approximate surface area is 282 Å². The number of nitrogens with zero attached hydrogens (tertiary/aromatic N) is 1. The Hall–Kier alpha value is -6.58. The fourth-order valence-corrected chi connectivity index (χ4v) is 7.29. The van der Waals surface area contributed by atoms with Gasteiger partial charge < -0.3 is 13.7 Å². The molecule has 3 heteroatoms. The molecule has 0 aliphatic heterocycles. The molecule has 0 spiro atoms. The molecule has 0 bridgehead atoms. The molecule has 0 amide bonds. The Morgan fingerprint density at radius 3 is 1.86 bits per heavy atom. The molecular weight excluding hydrogens is 599 g/mol. The van der Waals surface area contributed by atoms with Gasteiger partial charge in [-0.15, -0.1) is 0 Å². The van der Waals surface area contributed by atoms with E-state index >= 15 is 0 Å². The minimum Gasteiger partial charge on any atom is -0.456 e. The normalized spacial score (nSPS) is 11.7. The van der Waals surface area contributed by atoms with Gasteiger partial charge in [0.25, 0.3) is 0 Å². The zero-order valence-electron chi connectivity index (χ0n) is 26.5. The van der Waals surface area contributed by atoms with E-state index in [-0.39, 0.29) is 0 Å². The molecule has 0 fully saturated rings. The maximum Gasteiger partial charge on any atom is 0.145 e. The Morgan fingerprint density at radius 1 is 0.367 bits per heavy atom. The number of para-hydroxylation sites is 2. The smallest absolute Gasteiger partial charge is 0.145 e. The Kier molecular flexibility index (Phi) is 6.18. The zero-order valence-corrected chi connectivity index (χ0v) is 26.5. The minimum atomic E-state index is 0.852. The number of anilines is 3. The molecule has 0 atom stereocenters. The summed E-state index contributed by atoms with van der Waals surface area (Å²) in [7, 11) is 0. The van der Waals surface area contributed by atoms with Crippen LogP contribution in [0.15, 0.2) is 185 Å². The van der Waals surface area contributed by atoms with Crippen molar-refractivity contribution in [2.75, 3.05) is 4.90 Å². The van der Waals surface area contributed by atoms with E-state index in [0.29, 0.717) is 0 Å². The molecule has 0 saturated heterocycles. The number of hydrogen-bond acceptors (Lipinski definition) is 3. The Morgan fingerprint density at radius 2 is 1.02 bits per heavy atom. The van der Waals surface area contributed by atoms with Crippen LogP contribution in [0.5, 0.6) is 0 Å². The molecule has 49 heavy (non-hydrogen) atoms. The van der Waals surface area contributed by atoms with Gasteiger partial charge in [0.2, 0.25) is 0 Å². The second-order valence-electron chi connectivity index (χ2n) is 12.5. The fraction of sp³-hybridized carbons (Fsp3) is 0. The van der Waals surface area contributed by atoms with E-state index in [1.807, 2.05) is 24.3 Å². The lowest BCUT2D eigenvalue weighted by Gasteiger charge is -2.27. The molecule has 8 aromatic carbocycles. The van der Waals surface area contributed by atoms with Crippen molar-refractivity contribution in [1.29, 1.82) is 0 Å². The van der Waals surface area contributed by atoms with Crippen molar-refractivity contribution in [3.63, 3.8) is 0 Å². The largest absolute Gasteiger partial charge is 0.456 e. The zero-order chi connectivity index (χ0) is 32.3. The number of furan rings is 2. The van der Waals surface area contributed by atoms with E-state index in [9.17, 15) is 0 Å². The van der Waals surface area contributed by atoms with Crippen LogP contribution in [0.1, 0.15) is 0 Å². The van der Waals surface area contributed by atoms with Gasteiger partial charge in [0.1, 0.15) is 22.3 Å². The van der Waals surface area contributed by atoms with Crippen molar-refractivity contribution in [2.24, 2.45) is 0 Å². The van der Waals surface area contributed by atoms with Gasteiger partial charge in [0, 0.05) is 39.2 Å². The maximum absolute atomic E-state index is 6.68. The highest BCUT2D eigenvalue weighted by molar-refractivity contribution is 6.17. The van der Waals surface area contributed by atoms with E-state index in [1.54, 1.807) is 0 Å². The molecule has 0 saturated carbocycles. The van der Waals surface area contributed by atoms with Crippen molar-refractivity contribution in [3.05, 3.63) is 176 Å². The van der Waals surface area contributed by atoms with Crippen LogP contribution in [0.25, 0.3) is 76.9 Å². The summed E-state index contributed by atoms with van der Waals surface area (Å²) < 4.78 is 13.1. The van der Waals surface area contributed by atoms with E-state index in [4.69, 9.17) is 8.83 Å². The van der Waals surface area contributed by atoms with Gasteiger partial charge in [-0.05, 0) is 82.1 Å². The topological polar surface area (TPSA) is 29.5 Å². The quantitative estimate of drug-likeness (QED) is 0.190. The van der Waals surface area contributed by atoms with Crippen LogP contribution in [0, 0.1) is 0 Å². The summed E-state index contributed by atoms with van der Waals surface area (Å²) in [5, 5.41) is 6.84. The summed E-state index contributed by atoms with van der Waals surface area (Å²) in [6.07, 6.45) is 0. The molecule has 230 valence electrons. The first-order valence-electron chi connectivity index (χ1n) is 16.6. The monoisotopic (exact) mass is 627 g/mol. The first-order chi connectivity index (χ1) is 24.3. The molecule has 2 aromatic heterocycles. The molecule has 10 aromatic rings. The molecule has 0 radical (unpaired) electrons. The average molecular weight is 628 g/mol. The predicted octanol–water partition coefficient (Wildman–Crippen LogP) is 13.4. The minimum absolute atomic E-state index is 0.852. The molecule has 3 nitrogen and oxygen atoms in total. The fourth-order valence-electron chi connectivity index (χ4n) is 7.29. The van der Waals surface area contributed by atoms with E-state index in [1.165, 1.54) is 21.9 Å². The molecule has 0 unspecified atom stereocenters. The summed E-state index contributed by atoms with van der Waals surface area (Å²) in [6, 6.07) is 62.0. The van der Waals surface area contributed by atoms with E-state index in [2.05, 4.69) is 157 Å². The van der Waals surface area contributed by atoms with Crippen LogP contribution in [-0.2, 0) is 0 Å². The van der Waals surface area contributed by atoms with Gasteiger partial charge in [-0.1, -0.05) is 115 Å². The SMILES string of the molecule is c1ccc(-c2ccc(N(c3ccc(-c4ccc5ccccc5c4)cc3)c3ccc4c(c3)oc3ccccc34)c3c2oc2ccccc23)cc1. The van der Waals surface area contributed by atoms with Crippen molar-refractivity contribution < 1.29 is 8.83 Å². The predicted molar refractivity (Wildman–Crippen MR) is 204 cm³/mol. The van der Waals surface area contributed by atoms with Crippen molar-refractivity contribution in [3.8, 4) is 22.3 Å². The second-order valence-corrected chi connectivity index (χ2v) is 12.5.